The van der Waals surface area contributed by atoms with Gasteiger partial charge in [0.25, 0.3) is 11.6 Å². The molecule has 7 rings (SSSR count). The standard InChI is InChI=1S/C34H16Br6O9/c35-19-5-13(1-3-25(19)41)29-30(14-2-4-26(42)20(36)6-14)34(18(12-28(44)48-34)16-9-23(39)32(46)24(40)10-16)49-33(29)17(11-27(43)47-33)15-7-21(37)31(45)22(38)8-15/h1-12,41-42,45-46H/t33-,34-/m1/s1. The largest absolute Gasteiger partial charge is 0.507 e. The van der Waals surface area contributed by atoms with Crippen LogP contribution in [0, 0.1) is 0 Å². The van der Waals surface area contributed by atoms with E-state index in [1.165, 1.54) is 24.3 Å². The molecule has 0 bridgehead atoms. The Bertz CT molecular complexity index is 2080. The Labute approximate surface area is 327 Å². The van der Waals surface area contributed by atoms with E-state index in [1.807, 2.05) is 0 Å². The molecule has 0 fully saturated rings. The molecular formula is C34H16Br6O9. The van der Waals surface area contributed by atoms with Gasteiger partial charge in [-0.05, 0) is 166 Å². The van der Waals surface area contributed by atoms with Crippen molar-refractivity contribution in [3.8, 4) is 23.0 Å². The molecule has 3 aliphatic heterocycles. The van der Waals surface area contributed by atoms with Crippen LogP contribution in [0.5, 0.6) is 23.0 Å². The van der Waals surface area contributed by atoms with Crippen LogP contribution in [0.1, 0.15) is 22.3 Å². The molecule has 0 unspecified atom stereocenters. The van der Waals surface area contributed by atoms with E-state index in [0.717, 1.165) is 0 Å². The zero-order chi connectivity index (χ0) is 35.2. The first-order valence-corrected chi connectivity index (χ1v) is 18.6. The highest BCUT2D eigenvalue weighted by atomic mass is 79.9. The Morgan fingerprint density at radius 3 is 1.12 bits per heavy atom. The minimum Gasteiger partial charge on any atom is -0.507 e. The predicted octanol–water partition coefficient (Wildman–Crippen LogP) is 9.70. The van der Waals surface area contributed by atoms with Crippen LogP contribution in [0.4, 0.5) is 0 Å². The van der Waals surface area contributed by atoms with E-state index in [9.17, 15) is 30.0 Å². The molecule has 0 aliphatic carbocycles. The van der Waals surface area contributed by atoms with Crippen molar-refractivity contribution in [2.45, 2.75) is 11.6 Å². The molecule has 2 spiro atoms. The number of rotatable bonds is 4. The number of halogens is 6. The quantitative estimate of drug-likeness (QED) is 0.147. The van der Waals surface area contributed by atoms with Gasteiger partial charge in [-0.1, -0.05) is 12.1 Å². The number of carbonyl (C=O) groups excluding carboxylic acids is 2. The summed E-state index contributed by atoms with van der Waals surface area (Å²) in [6, 6.07) is 15.6. The molecule has 0 saturated heterocycles. The van der Waals surface area contributed by atoms with Crippen LogP contribution >= 0.6 is 95.6 Å². The number of esters is 2. The topological polar surface area (TPSA) is 143 Å². The van der Waals surface area contributed by atoms with E-state index in [2.05, 4.69) is 95.6 Å². The van der Waals surface area contributed by atoms with Gasteiger partial charge in [-0.3, -0.25) is 4.74 Å². The molecule has 4 aromatic rings. The third-order valence-corrected chi connectivity index (χ3v) is 11.7. The molecule has 3 aliphatic rings. The molecule has 248 valence electrons. The molecule has 2 atom stereocenters. The Kier molecular flexibility index (Phi) is 8.73. The number of phenols is 4. The van der Waals surface area contributed by atoms with Crippen molar-refractivity contribution in [3.05, 3.63) is 122 Å². The maximum absolute atomic E-state index is 13.5. The minimum atomic E-state index is -2.11. The van der Waals surface area contributed by atoms with E-state index in [-0.39, 0.29) is 45.3 Å². The third-order valence-electron chi connectivity index (χ3n) is 8.05. The van der Waals surface area contributed by atoms with Gasteiger partial charge in [0.2, 0.25) is 0 Å². The predicted molar refractivity (Wildman–Crippen MR) is 200 cm³/mol. The lowest BCUT2D eigenvalue weighted by molar-refractivity contribution is -0.232. The summed E-state index contributed by atoms with van der Waals surface area (Å²) in [6.07, 6.45) is 2.50. The van der Waals surface area contributed by atoms with Crippen molar-refractivity contribution in [2.75, 3.05) is 0 Å². The lowest BCUT2D eigenvalue weighted by Crippen LogP contribution is -2.41. The molecule has 49 heavy (non-hydrogen) atoms. The number of phenolic OH excluding ortho intramolecular Hbond substituents is 4. The van der Waals surface area contributed by atoms with Gasteiger partial charge in [0.15, 0.2) is 0 Å². The maximum atomic E-state index is 13.5. The summed E-state index contributed by atoms with van der Waals surface area (Å²) in [7, 11) is 0. The molecule has 0 saturated carbocycles. The Balaban J connectivity index is 1.63. The summed E-state index contributed by atoms with van der Waals surface area (Å²) in [6.45, 7) is 0. The highest BCUT2D eigenvalue weighted by molar-refractivity contribution is 9.11. The van der Waals surface area contributed by atoms with Crippen LogP contribution in [-0.4, -0.2) is 43.9 Å². The van der Waals surface area contributed by atoms with Gasteiger partial charge in [0.05, 0.1) is 26.8 Å². The molecule has 0 radical (unpaired) electrons. The summed E-state index contributed by atoms with van der Waals surface area (Å²) in [4.78, 5) is 27.0. The Hall–Kier alpha value is -2.92. The lowest BCUT2D eigenvalue weighted by atomic mass is 9.81. The van der Waals surface area contributed by atoms with Crippen molar-refractivity contribution in [2.24, 2.45) is 0 Å². The van der Waals surface area contributed by atoms with Crippen molar-refractivity contribution in [1.29, 1.82) is 0 Å². The van der Waals surface area contributed by atoms with Gasteiger partial charge in [-0.15, -0.1) is 0 Å². The average Bonchev–Trinajstić information content (AvgIpc) is 3.65. The lowest BCUT2D eigenvalue weighted by Gasteiger charge is -2.34. The van der Waals surface area contributed by atoms with Crippen LogP contribution in [0.15, 0.2) is 99.7 Å². The van der Waals surface area contributed by atoms with Crippen LogP contribution in [0.3, 0.4) is 0 Å². The SMILES string of the molecule is O=C1C=C(c2cc(Br)c(O)c(Br)c2)[C@@]2(O1)O[C@@]1(OC(=O)C=C1c1cc(Br)c(O)c(Br)c1)C(c1ccc(O)c(Br)c1)=C2c1ccc(O)c(Br)c1. The molecule has 3 heterocycles. The molecule has 4 aromatic carbocycles. The van der Waals surface area contributed by atoms with Crippen molar-refractivity contribution in [1.82, 2.24) is 0 Å². The van der Waals surface area contributed by atoms with Crippen molar-refractivity contribution >= 4 is 130 Å². The fourth-order valence-corrected chi connectivity index (χ4v) is 9.15. The maximum Gasteiger partial charge on any atom is 0.334 e. The molecule has 0 aromatic heterocycles. The Morgan fingerprint density at radius 1 is 0.469 bits per heavy atom. The molecule has 4 N–H and O–H groups in total. The van der Waals surface area contributed by atoms with Crippen LogP contribution < -0.4 is 0 Å². The van der Waals surface area contributed by atoms with Crippen LogP contribution in [0.2, 0.25) is 0 Å². The normalized spacial score (nSPS) is 21.4. The zero-order valence-corrected chi connectivity index (χ0v) is 33.5. The van der Waals surface area contributed by atoms with Crippen LogP contribution in [0.25, 0.3) is 22.3 Å². The summed E-state index contributed by atoms with van der Waals surface area (Å²) < 4.78 is 21.1. The highest BCUT2D eigenvalue weighted by Gasteiger charge is 2.67. The zero-order valence-electron chi connectivity index (χ0n) is 24.0. The number of ether oxygens (including phenoxy) is 3. The number of aromatic hydroxyl groups is 4. The second kappa shape index (κ2) is 12.4. The number of carbonyl (C=O) groups is 2. The fraction of sp³-hybridized carbons (Fsp3) is 0.0588. The average molecular weight is 1050 g/mol. The highest BCUT2D eigenvalue weighted by Crippen LogP contribution is 2.64. The second-order valence-corrected chi connectivity index (χ2v) is 16.1. The van der Waals surface area contributed by atoms with Gasteiger partial charge in [-0.2, -0.15) is 0 Å². The van der Waals surface area contributed by atoms with Gasteiger partial charge >= 0.3 is 11.9 Å². The van der Waals surface area contributed by atoms with E-state index >= 15 is 0 Å². The smallest absolute Gasteiger partial charge is 0.334 e. The number of hydrogen-bond acceptors (Lipinski definition) is 9. The Morgan fingerprint density at radius 2 is 0.796 bits per heavy atom. The second-order valence-electron chi connectivity index (χ2n) is 11.0. The summed E-state index contributed by atoms with van der Waals surface area (Å²) in [5.74, 6) is -6.09. The van der Waals surface area contributed by atoms with Crippen molar-refractivity contribution < 1.29 is 44.2 Å². The summed E-state index contributed by atoms with van der Waals surface area (Å²) >= 11 is 20.3. The van der Waals surface area contributed by atoms with Crippen LogP contribution in [-0.2, 0) is 23.8 Å². The van der Waals surface area contributed by atoms with E-state index in [1.54, 1.807) is 48.5 Å². The molecule has 0 amide bonds. The first-order chi connectivity index (χ1) is 23.1. The number of benzene rings is 4. The number of hydrogen-bond donors (Lipinski definition) is 4. The third kappa shape index (κ3) is 5.52. The van der Waals surface area contributed by atoms with E-state index in [0.29, 0.717) is 49.1 Å². The fourth-order valence-electron chi connectivity index (χ4n) is 6.02. The van der Waals surface area contributed by atoms with Crippen molar-refractivity contribution in [3.63, 3.8) is 0 Å². The summed E-state index contributed by atoms with van der Waals surface area (Å²) in [5.41, 5.74) is 2.42. The monoisotopic (exact) mass is 1040 g/mol. The van der Waals surface area contributed by atoms with Gasteiger partial charge in [0.1, 0.15) is 23.0 Å². The van der Waals surface area contributed by atoms with E-state index in [4.69, 9.17) is 14.2 Å². The minimum absolute atomic E-state index is 0.0711. The first kappa shape index (κ1) is 34.5. The molecular weight excluding hydrogens is 1030 g/mol. The molecule has 15 heteroatoms. The first-order valence-electron chi connectivity index (χ1n) is 13.9. The molecule has 9 nitrogen and oxygen atoms in total. The van der Waals surface area contributed by atoms with Gasteiger partial charge < -0.3 is 29.9 Å². The van der Waals surface area contributed by atoms with Gasteiger partial charge in [0, 0.05) is 34.4 Å². The van der Waals surface area contributed by atoms with Gasteiger partial charge in [-0.25, -0.2) is 9.59 Å². The summed E-state index contributed by atoms with van der Waals surface area (Å²) in [5, 5.41) is 42.0. The van der Waals surface area contributed by atoms with E-state index < -0.39 is 23.5 Å².